The van der Waals surface area contributed by atoms with Crippen LogP contribution in [0.3, 0.4) is 0 Å². The molecule has 63 heavy (non-hydrogen) atoms. The molecule has 0 bridgehead atoms. The van der Waals surface area contributed by atoms with Gasteiger partial charge in [-0.2, -0.15) is 5.10 Å². The first-order valence-electron chi connectivity index (χ1n) is 20.8. The summed E-state index contributed by atoms with van der Waals surface area (Å²) in [5.41, 5.74) is 6.59. The van der Waals surface area contributed by atoms with Crippen molar-refractivity contribution in [1.29, 1.82) is 0 Å². The molecule has 6 aromatic carbocycles. The van der Waals surface area contributed by atoms with Crippen LogP contribution in [0.4, 0.5) is 5.82 Å². The highest BCUT2D eigenvalue weighted by Crippen LogP contribution is 2.41. The Kier molecular flexibility index (Phi) is 13.6. The van der Waals surface area contributed by atoms with Crippen molar-refractivity contribution < 1.29 is 28.4 Å². The summed E-state index contributed by atoms with van der Waals surface area (Å²) in [7, 11) is 6.67. The lowest BCUT2D eigenvalue weighted by atomic mass is 9.80. The summed E-state index contributed by atoms with van der Waals surface area (Å²) in [6.07, 6.45) is 3.45. The maximum absolute atomic E-state index is 7.36. The van der Waals surface area contributed by atoms with E-state index >= 15 is 0 Å². The van der Waals surface area contributed by atoms with Gasteiger partial charge >= 0.3 is 0 Å². The molecule has 0 radical (unpaired) electrons. The number of ether oxygens (including phenoxy) is 6. The number of benzene rings is 6. The second kappa shape index (κ2) is 20.1. The summed E-state index contributed by atoms with van der Waals surface area (Å²) in [5, 5.41) is 4.76. The smallest absolute Gasteiger partial charge is 0.197 e. The molecule has 2 heterocycles. The first-order chi connectivity index (χ1) is 31.0. The van der Waals surface area contributed by atoms with Crippen LogP contribution in [-0.4, -0.2) is 60.7 Å². The minimum Gasteiger partial charge on any atom is -0.497 e. The molecule has 8 rings (SSSR count). The van der Waals surface area contributed by atoms with Crippen LogP contribution in [0.25, 0.3) is 5.65 Å². The topological polar surface area (TPSA) is 102 Å². The van der Waals surface area contributed by atoms with Gasteiger partial charge in [0.2, 0.25) is 0 Å². The molecular weight excluding hydrogens is 791 g/mol. The second-order valence-corrected chi connectivity index (χ2v) is 15.1. The van der Waals surface area contributed by atoms with E-state index in [9.17, 15) is 0 Å². The summed E-state index contributed by atoms with van der Waals surface area (Å²) >= 11 is 0. The van der Waals surface area contributed by atoms with Crippen molar-refractivity contribution in [2.75, 3.05) is 39.9 Å². The van der Waals surface area contributed by atoms with Gasteiger partial charge in [0.05, 0.1) is 59.6 Å². The van der Waals surface area contributed by atoms with Gasteiger partial charge in [-0.3, -0.25) is 0 Å². The molecule has 11 nitrogen and oxygen atoms in total. The van der Waals surface area contributed by atoms with Crippen LogP contribution in [-0.2, 0) is 41.2 Å². The van der Waals surface area contributed by atoms with Crippen LogP contribution in [0, 0.1) is 0 Å². The average Bonchev–Trinajstić information content (AvgIpc) is 3.77. The molecule has 1 atom stereocenters. The first-order valence-corrected chi connectivity index (χ1v) is 20.8. The summed E-state index contributed by atoms with van der Waals surface area (Å²) in [4.78, 5) is 12.0. The number of fused-ring (bicyclic) bond motifs is 1. The van der Waals surface area contributed by atoms with E-state index in [2.05, 4.69) is 65.6 Å². The molecule has 0 spiro atoms. The highest BCUT2D eigenvalue weighted by molar-refractivity contribution is 5.64. The van der Waals surface area contributed by atoms with Crippen molar-refractivity contribution in [3.05, 3.63) is 209 Å². The minimum atomic E-state index is -0.991. The molecular formula is C52H51N5O6. The predicted molar refractivity (Wildman–Crippen MR) is 244 cm³/mol. The normalized spacial score (nSPS) is 11.9. The summed E-state index contributed by atoms with van der Waals surface area (Å²) < 4.78 is 38.0. The van der Waals surface area contributed by atoms with Crippen molar-refractivity contribution >= 4 is 11.5 Å². The van der Waals surface area contributed by atoms with Crippen molar-refractivity contribution in [2.24, 2.45) is 0 Å². The lowest BCUT2D eigenvalue weighted by Gasteiger charge is -2.37. The molecule has 320 valence electrons. The molecule has 0 aliphatic rings. The standard InChI is InChI=1S/C52H51N5O6/c1-58-45-23-15-38(16-24-45)33-56(34-39-17-25-46(59-2)26-18-39)50-51-53-32-44(57(51)55-37-54-50)31-49(62-35-40-19-27-47(60-3)28-20-40)36-63-52(41-11-7-5-8-12-41,42-13-9-6-10-14-42)43-21-29-48(61-4)30-22-43/h5-30,32,37,49H,31,33-36H2,1-4H3. The molecule has 0 aliphatic carbocycles. The molecule has 11 heteroatoms. The van der Waals surface area contributed by atoms with Crippen LogP contribution in [0.2, 0.25) is 0 Å². The fourth-order valence-corrected chi connectivity index (χ4v) is 7.80. The Bertz CT molecular complexity index is 2550. The number of hydrogen-bond donors (Lipinski definition) is 0. The lowest BCUT2D eigenvalue weighted by molar-refractivity contribution is -0.0698. The number of rotatable bonds is 20. The predicted octanol–water partition coefficient (Wildman–Crippen LogP) is 9.50. The van der Waals surface area contributed by atoms with E-state index in [1.165, 1.54) is 0 Å². The molecule has 0 aliphatic heterocycles. The number of imidazole rings is 1. The van der Waals surface area contributed by atoms with E-state index in [4.69, 9.17) is 43.5 Å². The molecule has 8 aromatic rings. The minimum absolute atomic E-state index is 0.220. The van der Waals surface area contributed by atoms with Gasteiger partial charge < -0.3 is 33.3 Å². The Balaban J connectivity index is 1.16. The van der Waals surface area contributed by atoms with Gasteiger partial charge in [0.1, 0.15) is 34.9 Å². The zero-order valence-electron chi connectivity index (χ0n) is 36.0. The number of hydrogen-bond acceptors (Lipinski definition) is 10. The first kappa shape index (κ1) is 42.5. The van der Waals surface area contributed by atoms with Crippen LogP contribution in [0.15, 0.2) is 170 Å². The third-order valence-corrected chi connectivity index (χ3v) is 11.1. The van der Waals surface area contributed by atoms with Gasteiger partial charge in [-0.25, -0.2) is 14.5 Å². The van der Waals surface area contributed by atoms with Crippen LogP contribution in [0.5, 0.6) is 23.0 Å². The van der Waals surface area contributed by atoms with Gasteiger partial charge in [0.25, 0.3) is 0 Å². The molecule has 0 saturated carbocycles. The molecule has 0 amide bonds. The largest absolute Gasteiger partial charge is 0.497 e. The van der Waals surface area contributed by atoms with E-state index in [1.54, 1.807) is 34.8 Å². The number of nitrogens with zero attached hydrogens (tertiary/aromatic N) is 5. The van der Waals surface area contributed by atoms with E-state index in [1.807, 2.05) is 108 Å². The van der Waals surface area contributed by atoms with Gasteiger partial charge in [-0.1, -0.05) is 109 Å². The Hall–Kier alpha value is -7.21. The summed E-state index contributed by atoms with van der Waals surface area (Å²) in [5.74, 6) is 3.83. The molecule has 0 saturated heterocycles. The molecule has 0 N–H and O–H groups in total. The van der Waals surface area contributed by atoms with E-state index in [-0.39, 0.29) is 6.61 Å². The van der Waals surface area contributed by atoms with E-state index in [0.717, 1.165) is 62.1 Å². The Morgan fingerprint density at radius 2 is 1.00 bits per heavy atom. The van der Waals surface area contributed by atoms with Crippen molar-refractivity contribution in [3.63, 3.8) is 0 Å². The third kappa shape index (κ3) is 9.80. The zero-order valence-corrected chi connectivity index (χ0v) is 36.0. The number of methoxy groups -OCH3 is 4. The lowest BCUT2D eigenvalue weighted by Crippen LogP contribution is -2.37. The average molecular weight is 842 g/mol. The number of anilines is 1. The quantitative estimate of drug-likeness (QED) is 0.0690. The van der Waals surface area contributed by atoms with E-state index in [0.29, 0.717) is 37.6 Å². The highest BCUT2D eigenvalue weighted by atomic mass is 16.5. The van der Waals surface area contributed by atoms with Crippen molar-refractivity contribution in [3.8, 4) is 23.0 Å². The van der Waals surface area contributed by atoms with Crippen molar-refractivity contribution in [2.45, 2.75) is 37.8 Å². The maximum atomic E-state index is 7.36. The SMILES string of the molecule is COc1ccc(COC(COC(c2ccccc2)(c2ccccc2)c2ccc(OC)cc2)Cc2cnc3c(N(Cc4ccc(OC)cc4)Cc4ccc(OC)cc4)ncnn23)cc1. The van der Waals surface area contributed by atoms with E-state index < -0.39 is 11.7 Å². The third-order valence-electron chi connectivity index (χ3n) is 11.1. The highest BCUT2D eigenvalue weighted by Gasteiger charge is 2.38. The van der Waals surface area contributed by atoms with Crippen molar-refractivity contribution in [1.82, 2.24) is 19.6 Å². The summed E-state index contributed by atoms with van der Waals surface area (Å²) in [6, 6.07) is 52.8. The molecule has 1 unspecified atom stereocenters. The zero-order chi connectivity index (χ0) is 43.4. The monoisotopic (exact) mass is 841 g/mol. The van der Waals surface area contributed by atoms with Crippen LogP contribution < -0.4 is 23.8 Å². The fourth-order valence-electron chi connectivity index (χ4n) is 7.80. The van der Waals surface area contributed by atoms with Gasteiger partial charge in [-0.05, 0) is 81.9 Å². The fraction of sp³-hybridized carbons (Fsp3) is 0.212. The second-order valence-electron chi connectivity index (χ2n) is 15.1. The Morgan fingerprint density at radius 3 is 1.49 bits per heavy atom. The number of aromatic nitrogens is 4. The Labute approximate surface area is 368 Å². The molecule has 2 aromatic heterocycles. The van der Waals surface area contributed by atoms with Crippen LogP contribution in [0.1, 0.15) is 39.1 Å². The Morgan fingerprint density at radius 1 is 0.540 bits per heavy atom. The van der Waals surface area contributed by atoms with Gasteiger partial charge in [0.15, 0.2) is 11.5 Å². The van der Waals surface area contributed by atoms with Gasteiger partial charge in [0, 0.05) is 19.5 Å². The summed E-state index contributed by atoms with van der Waals surface area (Å²) in [6.45, 7) is 1.70. The molecule has 0 fully saturated rings. The maximum Gasteiger partial charge on any atom is 0.197 e. The van der Waals surface area contributed by atoms with Crippen LogP contribution >= 0.6 is 0 Å². The van der Waals surface area contributed by atoms with Gasteiger partial charge in [-0.15, -0.1) is 0 Å².